The third kappa shape index (κ3) is 2.48. The second kappa shape index (κ2) is 4.57. The summed E-state index contributed by atoms with van der Waals surface area (Å²) in [4.78, 5) is 24.3. The molecular weight excluding hydrogens is 286 g/mol. The van der Waals surface area contributed by atoms with E-state index in [0.29, 0.717) is 5.56 Å². The molecule has 1 aromatic rings. The first-order valence-corrected chi connectivity index (χ1v) is 6.30. The van der Waals surface area contributed by atoms with Gasteiger partial charge in [0.25, 0.3) is 0 Å². The van der Waals surface area contributed by atoms with Gasteiger partial charge < -0.3 is 20.1 Å². The monoisotopic (exact) mass is 298 g/mol. The second-order valence-electron chi connectivity index (χ2n) is 4.99. The highest BCUT2D eigenvalue weighted by molar-refractivity contribution is 5.88. The van der Waals surface area contributed by atoms with Crippen LogP contribution in [0.2, 0.25) is 0 Å². The highest BCUT2D eigenvalue weighted by atomic mass is 19.3. The predicted octanol–water partition coefficient (Wildman–Crippen LogP) is 0.842. The maximum atomic E-state index is 13.1. The molecular formula is C13H12F2N2O4. The number of hydrogen-bond acceptors (Lipinski definition) is 4. The molecule has 2 aliphatic rings. The average molecular weight is 298 g/mol. The topological polar surface area (TPSA) is 81.9 Å². The summed E-state index contributed by atoms with van der Waals surface area (Å²) in [6.45, 7) is 0.236. The maximum absolute atomic E-state index is 13.1. The van der Waals surface area contributed by atoms with Gasteiger partial charge in [0.05, 0.1) is 5.92 Å². The van der Waals surface area contributed by atoms with Crippen LogP contribution in [0.5, 0.6) is 11.5 Å². The van der Waals surface area contributed by atoms with E-state index < -0.39 is 18.1 Å². The largest absolute Gasteiger partial charge is 0.586 e. The molecule has 2 amide bonds. The van der Waals surface area contributed by atoms with Crippen LogP contribution in [0.4, 0.5) is 8.78 Å². The Morgan fingerprint density at radius 2 is 2.19 bits per heavy atom. The Kier molecular flexibility index (Phi) is 2.96. The van der Waals surface area contributed by atoms with Crippen molar-refractivity contribution in [2.24, 2.45) is 11.7 Å². The van der Waals surface area contributed by atoms with Crippen molar-refractivity contribution in [3.63, 3.8) is 0 Å². The third-order valence-corrected chi connectivity index (χ3v) is 3.49. The van der Waals surface area contributed by atoms with E-state index in [2.05, 4.69) is 9.47 Å². The zero-order valence-electron chi connectivity index (χ0n) is 10.8. The lowest BCUT2D eigenvalue weighted by Crippen LogP contribution is -2.29. The SMILES string of the molecule is NC(=O)C1CC(=O)N(Cc2cccc3c2OC(F)(F)O3)C1. The van der Waals surface area contributed by atoms with E-state index >= 15 is 0 Å². The third-order valence-electron chi connectivity index (χ3n) is 3.49. The van der Waals surface area contributed by atoms with Crippen LogP contribution in [0.1, 0.15) is 12.0 Å². The van der Waals surface area contributed by atoms with Gasteiger partial charge in [0, 0.05) is 25.1 Å². The Balaban J connectivity index is 1.80. The van der Waals surface area contributed by atoms with Gasteiger partial charge in [-0.1, -0.05) is 12.1 Å². The fourth-order valence-corrected chi connectivity index (χ4v) is 2.47. The van der Waals surface area contributed by atoms with E-state index in [-0.39, 0.29) is 36.9 Å². The van der Waals surface area contributed by atoms with Gasteiger partial charge >= 0.3 is 6.29 Å². The zero-order valence-corrected chi connectivity index (χ0v) is 10.8. The first-order valence-electron chi connectivity index (χ1n) is 6.30. The Labute approximate surface area is 118 Å². The summed E-state index contributed by atoms with van der Waals surface area (Å²) < 4.78 is 35.0. The number of amides is 2. The molecule has 6 nitrogen and oxygen atoms in total. The lowest BCUT2D eigenvalue weighted by Gasteiger charge is -2.17. The van der Waals surface area contributed by atoms with Crippen molar-refractivity contribution >= 4 is 11.8 Å². The standard InChI is InChI=1S/C13H12F2N2O4/c14-13(15)20-9-3-1-2-7(11(9)21-13)5-17-6-8(12(16)19)4-10(17)18/h1-3,8H,4-6H2,(H2,16,19). The van der Waals surface area contributed by atoms with Crippen molar-refractivity contribution in [1.82, 2.24) is 4.90 Å². The summed E-state index contributed by atoms with van der Waals surface area (Å²) >= 11 is 0. The molecule has 0 saturated carbocycles. The number of primary amides is 1. The molecule has 2 aliphatic heterocycles. The van der Waals surface area contributed by atoms with E-state index in [1.54, 1.807) is 6.07 Å². The summed E-state index contributed by atoms with van der Waals surface area (Å²) in [7, 11) is 0. The van der Waals surface area contributed by atoms with Crippen LogP contribution >= 0.6 is 0 Å². The highest BCUT2D eigenvalue weighted by Crippen LogP contribution is 2.43. The van der Waals surface area contributed by atoms with Gasteiger partial charge in [-0.25, -0.2) is 0 Å². The van der Waals surface area contributed by atoms with E-state index in [1.165, 1.54) is 17.0 Å². The molecule has 2 heterocycles. The molecule has 0 bridgehead atoms. The predicted molar refractivity (Wildman–Crippen MR) is 65.4 cm³/mol. The van der Waals surface area contributed by atoms with Crippen molar-refractivity contribution < 1.29 is 27.8 Å². The maximum Gasteiger partial charge on any atom is 0.586 e. The normalized spacial score (nSPS) is 22.7. The minimum Gasteiger partial charge on any atom is -0.395 e. The van der Waals surface area contributed by atoms with Gasteiger partial charge in [-0.05, 0) is 6.07 Å². The molecule has 112 valence electrons. The molecule has 0 aliphatic carbocycles. The van der Waals surface area contributed by atoms with Gasteiger partial charge in [0.1, 0.15) is 0 Å². The van der Waals surface area contributed by atoms with Crippen LogP contribution in [-0.2, 0) is 16.1 Å². The number of fused-ring (bicyclic) bond motifs is 1. The summed E-state index contributed by atoms with van der Waals surface area (Å²) in [6.07, 6.45) is -3.67. The fourth-order valence-electron chi connectivity index (χ4n) is 2.47. The van der Waals surface area contributed by atoms with Crippen LogP contribution in [0, 0.1) is 5.92 Å². The van der Waals surface area contributed by atoms with Crippen LogP contribution < -0.4 is 15.2 Å². The number of halogens is 2. The number of ether oxygens (including phenoxy) is 2. The Morgan fingerprint density at radius 3 is 2.86 bits per heavy atom. The molecule has 1 saturated heterocycles. The number of carbonyl (C=O) groups is 2. The molecule has 0 aromatic heterocycles. The molecule has 1 fully saturated rings. The molecule has 2 N–H and O–H groups in total. The Bertz CT molecular complexity index is 620. The van der Waals surface area contributed by atoms with Crippen LogP contribution in [-0.4, -0.2) is 29.6 Å². The summed E-state index contributed by atoms with van der Waals surface area (Å²) in [5.74, 6) is -1.50. The van der Waals surface area contributed by atoms with Gasteiger partial charge in [-0.2, -0.15) is 0 Å². The minimum atomic E-state index is -3.71. The lowest BCUT2D eigenvalue weighted by molar-refractivity contribution is -0.287. The molecule has 0 radical (unpaired) electrons. The summed E-state index contributed by atoms with van der Waals surface area (Å²) in [5.41, 5.74) is 5.57. The molecule has 1 aromatic carbocycles. The average Bonchev–Trinajstić information content (AvgIpc) is 2.89. The number of carbonyl (C=O) groups excluding carboxylic acids is 2. The van der Waals surface area contributed by atoms with Gasteiger partial charge in [0.2, 0.25) is 11.8 Å². The van der Waals surface area contributed by atoms with E-state index in [1.807, 2.05) is 0 Å². The van der Waals surface area contributed by atoms with Crippen molar-refractivity contribution in [2.75, 3.05) is 6.54 Å². The lowest BCUT2D eigenvalue weighted by atomic mass is 10.1. The number of nitrogens with zero attached hydrogens (tertiary/aromatic N) is 1. The van der Waals surface area contributed by atoms with Crippen molar-refractivity contribution in [1.29, 1.82) is 0 Å². The number of alkyl halides is 2. The van der Waals surface area contributed by atoms with Crippen LogP contribution in [0.3, 0.4) is 0 Å². The second-order valence-corrected chi connectivity index (χ2v) is 4.99. The molecule has 1 unspecified atom stereocenters. The van der Waals surface area contributed by atoms with Crippen molar-refractivity contribution in [3.05, 3.63) is 23.8 Å². The van der Waals surface area contributed by atoms with Crippen molar-refractivity contribution in [3.8, 4) is 11.5 Å². The first kappa shape index (κ1) is 13.6. The number of hydrogen-bond donors (Lipinski definition) is 1. The molecule has 21 heavy (non-hydrogen) atoms. The number of para-hydroxylation sites is 1. The van der Waals surface area contributed by atoms with Crippen LogP contribution in [0.25, 0.3) is 0 Å². The molecule has 1 atom stereocenters. The van der Waals surface area contributed by atoms with Gasteiger partial charge in [-0.15, -0.1) is 8.78 Å². The van der Waals surface area contributed by atoms with Crippen molar-refractivity contribution in [2.45, 2.75) is 19.3 Å². The molecule has 3 rings (SSSR count). The van der Waals surface area contributed by atoms with Gasteiger partial charge in [-0.3, -0.25) is 9.59 Å². The number of nitrogens with two attached hydrogens (primary N) is 1. The van der Waals surface area contributed by atoms with Gasteiger partial charge in [0.15, 0.2) is 11.5 Å². The minimum absolute atomic E-state index is 0.0396. The van der Waals surface area contributed by atoms with Crippen LogP contribution in [0.15, 0.2) is 18.2 Å². The quantitative estimate of drug-likeness (QED) is 0.896. The molecule has 0 spiro atoms. The summed E-state index contributed by atoms with van der Waals surface area (Å²) in [5, 5.41) is 0. The van der Waals surface area contributed by atoms with E-state index in [4.69, 9.17) is 5.73 Å². The Morgan fingerprint density at radius 1 is 1.43 bits per heavy atom. The Hall–Kier alpha value is -2.38. The number of likely N-dealkylation sites (tertiary alicyclic amines) is 1. The highest BCUT2D eigenvalue weighted by Gasteiger charge is 2.45. The zero-order chi connectivity index (χ0) is 15.2. The number of rotatable bonds is 3. The smallest absolute Gasteiger partial charge is 0.395 e. The first-order chi connectivity index (χ1) is 9.85. The summed E-state index contributed by atoms with van der Waals surface area (Å²) in [6, 6.07) is 4.46. The van der Waals surface area contributed by atoms with E-state index in [9.17, 15) is 18.4 Å². The number of benzene rings is 1. The van der Waals surface area contributed by atoms with E-state index in [0.717, 1.165) is 0 Å². The fraction of sp³-hybridized carbons (Fsp3) is 0.385. The molecule has 8 heteroatoms.